The van der Waals surface area contributed by atoms with Crippen molar-refractivity contribution < 1.29 is 9.90 Å². The SMILES string of the molecule is CCCCC(=O)O.c1ccc(-c2ccc(-c3cnc(C4CCCNC4)[nH]3)cc2)cc1. The van der Waals surface area contributed by atoms with Crippen LogP contribution in [0.2, 0.25) is 0 Å². The number of H-pyrrole nitrogens is 1. The number of carboxylic acids is 1. The Bertz CT molecular complexity index is 898. The smallest absolute Gasteiger partial charge is 0.303 e. The molecule has 3 N–H and O–H groups in total. The fraction of sp³-hybridized carbons (Fsp3) is 0.360. The van der Waals surface area contributed by atoms with Gasteiger partial charge in [-0.1, -0.05) is 67.9 Å². The number of aromatic amines is 1. The summed E-state index contributed by atoms with van der Waals surface area (Å²) in [6.45, 7) is 4.13. The summed E-state index contributed by atoms with van der Waals surface area (Å²) in [5.74, 6) is 0.933. The number of carboxylic acid groups (broad SMARTS) is 1. The number of hydrogen-bond donors (Lipinski definition) is 3. The van der Waals surface area contributed by atoms with Crippen molar-refractivity contribution in [3.8, 4) is 22.4 Å². The lowest BCUT2D eigenvalue weighted by molar-refractivity contribution is -0.137. The van der Waals surface area contributed by atoms with Gasteiger partial charge >= 0.3 is 5.97 Å². The van der Waals surface area contributed by atoms with E-state index in [0.717, 1.165) is 37.4 Å². The van der Waals surface area contributed by atoms with Crippen molar-refractivity contribution in [1.82, 2.24) is 15.3 Å². The van der Waals surface area contributed by atoms with Crippen molar-refractivity contribution in [1.29, 1.82) is 0 Å². The molecule has 2 heterocycles. The molecule has 0 saturated carbocycles. The number of piperidine rings is 1. The zero-order valence-corrected chi connectivity index (χ0v) is 17.6. The molecule has 1 saturated heterocycles. The van der Waals surface area contributed by atoms with Crippen molar-refractivity contribution in [3.05, 3.63) is 66.6 Å². The topological polar surface area (TPSA) is 78.0 Å². The zero-order chi connectivity index (χ0) is 21.2. The number of aromatic nitrogens is 2. The van der Waals surface area contributed by atoms with Gasteiger partial charge in [-0.3, -0.25) is 4.79 Å². The standard InChI is InChI=1S/C20H21N3.C5H10O2/c1-2-5-15(6-3-1)16-8-10-17(11-9-16)19-14-22-20(23-19)18-7-4-12-21-13-18;1-2-3-4-5(6)7/h1-3,5-6,8-11,14,18,21H,4,7,12-13H2,(H,22,23);2-4H2,1H3,(H,6,7). The molecule has 1 aromatic heterocycles. The van der Waals surface area contributed by atoms with Crippen LogP contribution in [-0.4, -0.2) is 34.1 Å². The van der Waals surface area contributed by atoms with Crippen LogP contribution in [0.15, 0.2) is 60.8 Å². The van der Waals surface area contributed by atoms with E-state index in [1.807, 2.05) is 19.2 Å². The largest absolute Gasteiger partial charge is 0.481 e. The van der Waals surface area contributed by atoms with Crippen LogP contribution in [0.4, 0.5) is 0 Å². The van der Waals surface area contributed by atoms with Crippen molar-refractivity contribution in [3.63, 3.8) is 0 Å². The molecule has 5 heteroatoms. The fourth-order valence-electron chi connectivity index (χ4n) is 3.58. The molecule has 0 bridgehead atoms. The highest BCUT2D eigenvalue weighted by atomic mass is 16.4. The highest BCUT2D eigenvalue weighted by Gasteiger charge is 2.18. The number of aliphatic carboxylic acids is 1. The molecule has 1 atom stereocenters. The average molecular weight is 406 g/mol. The Balaban J connectivity index is 0.000000318. The monoisotopic (exact) mass is 405 g/mol. The van der Waals surface area contributed by atoms with Crippen LogP contribution in [0.1, 0.15) is 50.8 Å². The first kappa shape index (κ1) is 21.8. The number of imidazole rings is 1. The van der Waals surface area contributed by atoms with Gasteiger partial charge in [0.2, 0.25) is 0 Å². The fourth-order valence-corrected chi connectivity index (χ4v) is 3.58. The minimum Gasteiger partial charge on any atom is -0.481 e. The van der Waals surface area contributed by atoms with Crippen molar-refractivity contribution in [2.75, 3.05) is 13.1 Å². The molecule has 2 aromatic carbocycles. The molecule has 4 rings (SSSR count). The van der Waals surface area contributed by atoms with Crippen LogP contribution in [0.3, 0.4) is 0 Å². The van der Waals surface area contributed by atoms with Gasteiger partial charge in [-0.05, 0) is 42.5 Å². The second-order valence-electron chi connectivity index (χ2n) is 7.67. The molecule has 5 nitrogen and oxygen atoms in total. The van der Waals surface area contributed by atoms with E-state index in [-0.39, 0.29) is 0 Å². The second-order valence-corrected chi connectivity index (χ2v) is 7.67. The maximum Gasteiger partial charge on any atom is 0.303 e. The van der Waals surface area contributed by atoms with E-state index in [1.54, 1.807) is 0 Å². The summed E-state index contributed by atoms with van der Waals surface area (Å²) >= 11 is 0. The summed E-state index contributed by atoms with van der Waals surface area (Å²) in [7, 11) is 0. The predicted molar refractivity (Wildman–Crippen MR) is 121 cm³/mol. The van der Waals surface area contributed by atoms with E-state index in [4.69, 9.17) is 5.11 Å². The Morgan fingerprint density at radius 1 is 1.07 bits per heavy atom. The van der Waals surface area contributed by atoms with Crippen LogP contribution in [0, 0.1) is 0 Å². The van der Waals surface area contributed by atoms with Gasteiger partial charge in [0.25, 0.3) is 0 Å². The number of rotatable bonds is 6. The maximum absolute atomic E-state index is 9.76. The Morgan fingerprint density at radius 2 is 1.77 bits per heavy atom. The van der Waals surface area contributed by atoms with Gasteiger partial charge in [0.1, 0.15) is 5.82 Å². The molecular formula is C25H31N3O2. The van der Waals surface area contributed by atoms with Crippen LogP contribution in [0.25, 0.3) is 22.4 Å². The van der Waals surface area contributed by atoms with Gasteiger partial charge in [0.05, 0.1) is 11.9 Å². The molecule has 158 valence electrons. The zero-order valence-electron chi connectivity index (χ0n) is 17.6. The lowest BCUT2D eigenvalue weighted by Crippen LogP contribution is -2.28. The minimum atomic E-state index is -0.693. The molecule has 1 unspecified atom stereocenters. The van der Waals surface area contributed by atoms with E-state index in [0.29, 0.717) is 12.3 Å². The average Bonchev–Trinajstić information content (AvgIpc) is 3.30. The quantitative estimate of drug-likeness (QED) is 0.508. The molecule has 1 aliphatic rings. The minimum absolute atomic E-state index is 0.316. The molecule has 0 radical (unpaired) electrons. The van der Waals surface area contributed by atoms with Crippen molar-refractivity contribution in [2.24, 2.45) is 0 Å². The Labute approximate surface area is 178 Å². The lowest BCUT2D eigenvalue weighted by Gasteiger charge is -2.20. The molecule has 1 aliphatic heterocycles. The molecule has 0 aliphatic carbocycles. The summed E-state index contributed by atoms with van der Waals surface area (Å²) < 4.78 is 0. The van der Waals surface area contributed by atoms with E-state index in [9.17, 15) is 4.79 Å². The molecule has 0 spiro atoms. The summed E-state index contributed by atoms with van der Waals surface area (Å²) in [6.07, 6.45) is 6.49. The first-order valence-corrected chi connectivity index (χ1v) is 10.8. The van der Waals surface area contributed by atoms with Crippen LogP contribution in [0.5, 0.6) is 0 Å². The number of benzene rings is 2. The number of unbranched alkanes of at least 4 members (excludes halogenated alkanes) is 1. The highest BCUT2D eigenvalue weighted by molar-refractivity contribution is 5.68. The Morgan fingerprint density at radius 3 is 2.37 bits per heavy atom. The molecule has 30 heavy (non-hydrogen) atoms. The number of carbonyl (C=O) groups is 1. The first-order valence-electron chi connectivity index (χ1n) is 10.8. The lowest BCUT2D eigenvalue weighted by atomic mass is 9.99. The Hall–Kier alpha value is -2.92. The highest BCUT2D eigenvalue weighted by Crippen LogP contribution is 2.26. The van der Waals surface area contributed by atoms with E-state index in [2.05, 4.69) is 63.8 Å². The number of nitrogens with zero attached hydrogens (tertiary/aromatic N) is 1. The number of hydrogen-bond acceptors (Lipinski definition) is 3. The van der Waals surface area contributed by atoms with Gasteiger partial charge in [-0.2, -0.15) is 0 Å². The third-order valence-corrected chi connectivity index (χ3v) is 5.33. The molecule has 1 fully saturated rings. The summed E-state index contributed by atoms with van der Waals surface area (Å²) in [5.41, 5.74) is 4.78. The molecule has 3 aromatic rings. The maximum atomic E-state index is 9.76. The van der Waals surface area contributed by atoms with Crippen molar-refractivity contribution >= 4 is 5.97 Å². The normalized spacial score (nSPS) is 15.8. The third kappa shape index (κ3) is 6.29. The first-order chi connectivity index (χ1) is 14.7. The summed E-state index contributed by atoms with van der Waals surface area (Å²) in [6, 6.07) is 19.1. The third-order valence-electron chi connectivity index (χ3n) is 5.33. The van der Waals surface area contributed by atoms with Gasteiger partial charge in [0.15, 0.2) is 0 Å². The van der Waals surface area contributed by atoms with Gasteiger partial charge in [-0.25, -0.2) is 4.98 Å². The molecular weight excluding hydrogens is 374 g/mol. The molecule has 0 amide bonds. The second kappa shape index (κ2) is 11.3. The van der Waals surface area contributed by atoms with Crippen LogP contribution in [-0.2, 0) is 4.79 Å². The number of nitrogens with one attached hydrogen (secondary N) is 2. The Kier molecular flexibility index (Phi) is 8.21. The van der Waals surface area contributed by atoms with Gasteiger partial charge in [0, 0.05) is 18.9 Å². The van der Waals surface area contributed by atoms with E-state index >= 15 is 0 Å². The summed E-state index contributed by atoms with van der Waals surface area (Å²) in [5, 5.41) is 11.5. The predicted octanol–water partition coefficient (Wildman–Crippen LogP) is 5.47. The summed E-state index contributed by atoms with van der Waals surface area (Å²) in [4.78, 5) is 17.9. The van der Waals surface area contributed by atoms with Gasteiger partial charge < -0.3 is 15.4 Å². The van der Waals surface area contributed by atoms with E-state index in [1.165, 1.54) is 29.5 Å². The van der Waals surface area contributed by atoms with Crippen LogP contribution >= 0.6 is 0 Å². The van der Waals surface area contributed by atoms with Crippen LogP contribution < -0.4 is 5.32 Å². The van der Waals surface area contributed by atoms with E-state index < -0.39 is 5.97 Å². The van der Waals surface area contributed by atoms with Crippen molar-refractivity contribution in [2.45, 2.75) is 44.9 Å². The van der Waals surface area contributed by atoms with Gasteiger partial charge in [-0.15, -0.1) is 0 Å².